The molecule has 0 unspecified atom stereocenters. The molecule has 0 bridgehead atoms. The zero-order valence-electron chi connectivity index (χ0n) is 18.3. The number of nitrogens with one attached hydrogen (secondary N) is 3. The minimum Gasteiger partial charge on any atom is -0.497 e. The van der Waals surface area contributed by atoms with Gasteiger partial charge in [-0.3, -0.25) is 9.69 Å². The maximum absolute atomic E-state index is 12.5. The lowest BCUT2D eigenvalue weighted by atomic mass is 10.1. The standard InChI is InChI=1S/C23H26N6O3S/c1-32-19-9-7-17(8-10-19)24-21(30)22-28-27-20(33-22)15-29-13-11-18(12-14-29)26-23(31)25-16-5-3-2-4-6-16/h2-10,18H,11-15H2,1H3,(H,24,30)(H2,25,26,31). The zero-order chi connectivity index (χ0) is 23.0. The van der Waals surface area contributed by atoms with Gasteiger partial charge in [0.05, 0.1) is 13.7 Å². The summed E-state index contributed by atoms with van der Waals surface area (Å²) < 4.78 is 5.12. The molecule has 3 aromatic rings. The van der Waals surface area contributed by atoms with Crippen LogP contribution in [0.25, 0.3) is 0 Å². The van der Waals surface area contributed by atoms with Crippen LogP contribution in [0.5, 0.6) is 5.75 Å². The van der Waals surface area contributed by atoms with Crippen LogP contribution in [-0.2, 0) is 6.54 Å². The Balaban J connectivity index is 1.21. The van der Waals surface area contributed by atoms with Crippen molar-refractivity contribution in [1.82, 2.24) is 20.4 Å². The Morgan fingerprint density at radius 3 is 2.39 bits per heavy atom. The molecule has 1 aromatic heterocycles. The third kappa shape index (κ3) is 6.50. The minimum absolute atomic E-state index is 0.130. The Morgan fingerprint density at radius 1 is 1.00 bits per heavy atom. The fourth-order valence-electron chi connectivity index (χ4n) is 3.57. The normalized spacial score (nSPS) is 14.5. The van der Waals surface area contributed by atoms with E-state index in [2.05, 4.69) is 31.0 Å². The predicted molar refractivity (Wildman–Crippen MR) is 128 cm³/mol. The van der Waals surface area contributed by atoms with Crippen LogP contribution < -0.4 is 20.7 Å². The Bertz CT molecular complexity index is 1070. The predicted octanol–water partition coefficient (Wildman–Crippen LogP) is 3.59. The highest BCUT2D eigenvalue weighted by Gasteiger charge is 2.22. The molecule has 2 heterocycles. The molecule has 1 aliphatic heterocycles. The van der Waals surface area contributed by atoms with Crippen LogP contribution in [0.15, 0.2) is 54.6 Å². The number of anilines is 2. The van der Waals surface area contributed by atoms with Gasteiger partial charge in [-0.25, -0.2) is 4.79 Å². The molecule has 0 spiro atoms. The lowest BCUT2D eigenvalue weighted by Gasteiger charge is -2.31. The number of methoxy groups -OCH3 is 1. The Kier molecular flexibility index (Phi) is 7.48. The number of urea groups is 1. The molecule has 1 aliphatic rings. The third-order valence-corrected chi connectivity index (χ3v) is 6.23. The van der Waals surface area contributed by atoms with E-state index in [4.69, 9.17) is 4.74 Å². The van der Waals surface area contributed by atoms with Gasteiger partial charge in [0.2, 0.25) is 5.01 Å². The van der Waals surface area contributed by atoms with Gasteiger partial charge in [-0.1, -0.05) is 29.5 Å². The lowest BCUT2D eigenvalue weighted by molar-refractivity contribution is 0.102. The first-order valence-electron chi connectivity index (χ1n) is 10.7. The van der Waals surface area contributed by atoms with Gasteiger partial charge in [0.15, 0.2) is 0 Å². The highest BCUT2D eigenvalue weighted by Crippen LogP contribution is 2.19. The summed E-state index contributed by atoms with van der Waals surface area (Å²) in [7, 11) is 1.60. The van der Waals surface area contributed by atoms with Crippen LogP contribution in [0.3, 0.4) is 0 Å². The molecule has 2 aromatic carbocycles. The van der Waals surface area contributed by atoms with Gasteiger partial charge in [0, 0.05) is 30.5 Å². The van der Waals surface area contributed by atoms with Crippen LogP contribution in [0.1, 0.15) is 27.7 Å². The molecule has 172 valence electrons. The summed E-state index contributed by atoms with van der Waals surface area (Å²) in [5.74, 6) is 0.443. The largest absolute Gasteiger partial charge is 0.497 e. The Labute approximate surface area is 196 Å². The molecule has 4 rings (SSSR count). The van der Waals surface area contributed by atoms with Crippen molar-refractivity contribution < 1.29 is 14.3 Å². The van der Waals surface area contributed by atoms with Crippen molar-refractivity contribution in [3.63, 3.8) is 0 Å². The van der Waals surface area contributed by atoms with E-state index in [0.717, 1.165) is 42.4 Å². The number of benzene rings is 2. The van der Waals surface area contributed by atoms with Crippen molar-refractivity contribution in [2.75, 3.05) is 30.8 Å². The number of ether oxygens (including phenoxy) is 1. The number of carbonyl (C=O) groups excluding carboxylic acids is 2. The smallest absolute Gasteiger partial charge is 0.319 e. The number of hydrogen-bond donors (Lipinski definition) is 3. The van der Waals surface area contributed by atoms with Crippen LogP contribution >= 0.6 is 11.3 Å². The molecule has 0 saturated carbocycles. The zero-order valence-corrected chi connectivity index (χ0v) is 19.1. The topological polar surface area (TPSA) is 108 Å². The molecule has 3 amide bonds. The average molecular weight is 467 g/mol. The summed E-state index contributed by atoms with van der Waals surface area (Å²) in [5.41, 5.74) is 1.44. The minimum atomic E-state index is -0.281. The molecule has 0 atom stereocenters. The summed E-state index contributed by atoms with van der Waals surface area (Å²) in [4.78, 5) is 26.9. The van der Waals surface area contributed by atoms with Crippen LogP contribution in [-0.4, -0.2) is 53.3 Å². The Morgan fingerprint density at radius 2 is 1.70 bits per heavy atom. The van der Waals surface area contributed by atoms with E-state index in [-0.39, 0.29) is 18.0 Å². The maximum Gasteiger partial charge on any atom is 0.319 e. The fourth-order valence-corrected chi connectivity index (χ4v) is 4.35. The van der Waals surface area contributed by atoms with Crippen molar-refractivity contribution >= 4 is 34.6 Å². The van der Waals surface area contributed by atoms with E-state index in [1.807, 2.05) is 30.3 Å². The first kappa shape index (κ1) is 22.7. The number of hydrogen-bond acceptors (Lipinski definition) is 7. The number of aromatic nitrogens is 2. The summed E-state index contributed by atoms with van der Waals surface area (Å²) in [6.45, 7) is 2.31. The van der Waals surface area contributed by atoms with Crippen molar-refractivity contribution in [2.24, 2.45) is 0 Å². The second kappa shape index (κ2) is 10.9. The molecule has 33 heavy (non-hydrogen) atoms. The van der Waals surface area contributed by atoms with Gasteiger partial charge in [-0.15, -0.1) is 10.2 Å². The Hall–Kier alpha value is -3.50. The number of nitrogens with zero attached hydrogens (tertiary/aromatic N) is 3. The van der Waals surface area contributed by atoms with Gasteiger partial charge < -0.3 is 20.7 Å². The van der Waals surface area contributed by atoms with E-state index in [1.165, 1.54) is 11.3 Å². The molecule has 10 heteroatoms. The second-order valence-corrected chi connectivity index (χ2v) is 8.76. The summed E-state index contributed by atoms with van der Waals surface area (Å²) >= 11 is 1.29. The number of likely N-dealkylation sites (tertiary alicyclic amines) is 1. The van der Waals surface area contributed by atoms with E-state index < -0.39 is 0 Å². The number of para-hydroxylation sites is 1. The van der Waals surface area contributed by atoms with Crippen molar-refractivity contribution in [3.05, 3.63) is 64.6 Å². The van der Waals surface area contributed by atoms with Crippen molar-refractivity contribution in [1.29, 1.82) is 0 Å². The molecule has 3 N–H and O–H groups in total. The number of amides is 3. The third-order valence-electron chi connectivity index (χ3n) is 5.32. The van der Waals surface area contributed by atoms with Gasteiger partial charge >= 0.3 is 6.03 Å². The van der Waals surface area contributed by atoms with E-state index in [1.54, 1.807) is 31.4 Å². The van der Waals surface area contributed by atoms with Crippen molar-refractivity contribution in [2.45, 2.75) is 25.4 Å². The van der Waals surface area contributed by atoms with E-state index in [9.17, 15) is 9.59 Å². The van der Waals surface area contributed by atoms with Gasteiger partial charge in [-0.05, 0) is 49.2 Å². The number of piperidine rings is 1. The van der Waals surface area contributed by atoms with Crippen molar-refractivity contribution in [3.8, 4) is 5.75 Å². The summed E-state index contributed by atoms with van der Waals surface area (Å²) in [5, 5.41) is 18.1. The second-order valence-electron chi connectivity index (χ2n) is 7.70. The van der Waals surface area contributed by atoms with Gasteiger partial charge in [0.1, 0.15) is 10.8 Å². The molecule has 1 saturated heterocycles. The van der Waals surface area contributed by atoms with E-state index in [0.29, 0.717) is 17.2 Å². The average Bonchev–Trinajstić information content (AvgIpc) is 3.30. The van der Waals surface area contributed by atoms with Crippen LogP contribution in [0.4, 0.5) is 16.2 Å². The lowest BCUT2D eigenvalue weighted by Crippen LogP contribution is -2.45. The maximum atomic E-state index is 12.5. The number of carbonyl (C=O) groups is 2. The highest BCUT2D eigenvalue weighted by molar-refractivity contribution is 7.13. The quantitative estimate of drug-likeness (QED) is 0.491. The molecule has 0 aliphatic carbocycles. The first-order valence-corrected chi connectivity index (χ1v) is 11.5. The fraction of sp³-hybridized carbons (Fsp3) is 0.304. The molecule has 1 fully saturated rings. The highest BCUT2D eigenvalue weighted by atomic mass is 32.1. The first-order chi connectivity index (χ1) is 16.1. The number of rotatable bonds is 7. The summed E-state index contributed by atoms with van der Waals surface area (Å²) in [6.07, 6.45) is 1.71. The SMILES string of the molecule is COc1ccc(NC(=O)c2nnc(CN3CCC(NC(=O)Nc4ccccc4)CC3)s2)cc1. The molecule has 9 nitrogen and oxygen atoms in total. The summed E-state index contributed by atoms with van der Waals surface area (Å²) in [6, 6.07) is 16.5. The van der Waals surface area contributed by atoms with Crippen LogP contribution in [0, 0.1) is 0 Å². The van der Waals surface area contributed by atoms with Crippen LogP contribution in [0.2, 0.25) is 0 Å². The van der Waals surface area contributed by atoms with E-state index >= 15 is 0 Å². The monoisotopic (exact) mass is 466 g/mol. The van der Waals surface area contributed by atoms with Gasteiger partial charge in [-0.2, -0.15) is 0 Å². The van der Waals surface area contributed by atoms with Gasteiger partial charge in [0.25, 0.3) is 5.91 Å². The molecular formula is C23H26N6O3S. The molecular weight excluding hydrogens is 440 g/mol. The molecule has 0 radical (unpaired) electrons.